The molecule has 0 amide bonds. The lowest BCUT2D eigenvalue weighted by molar-refractivity contribution is 0.0690. The molecule has 3 rings (SSSR count). The minimum Gasteiger partial charge on any atom is -0.476 e. The van der Waals surface area contributed by atoms with Crippen molar-refractivity contribution in [2.24, 2.45) is 0 Å². The largest absolute Gasteiger partial charge is 0.476 e. The second-order valence-corrected chi connectivity index (χ2v) is 5.02. The molecule has 24 heavy (non-hydrogen) atoms. The molecule has 116 valence electrons. The molecule has 0 saturated carbocycles. The van der Waals surface area contributed by atoms with Crippen molar-refractivity contribution in [1.82, 2.24) is 15.4 Å². The Hall–Kier alpha value is -3.72. The Labute approximate surface area is 137 Å². The average molecular weight is 316 g/mol. The third kappa shape index (κ3) is 3.20. The van der Waals surface area contributed by atoms with Gasteiger partial charge in [-0.25, -0.2) is 4.79 Å². The summed E-state index contributed by atoms with van der Waals surface area (Å²) in [5.41, 5.74) is 3.83. The maximum absolute atomic E-state index is 11.0. The van der Waals surface area contributed by atoms with E-state index < -0.39 is 5.97 Å². The molecular formula is C18H12N4O2. The number of rotatable bonds is 4. The van der Waals surface area contributed by atoms with E-state index in [1.807, 2.05) is 36.4 Å². The monoisotopic (exact) mass is 316 g/mol. The second-order valence-electron chi connectivity index (χ2n) is 5.02. The molecule has 1 aromatic heterocycles. The van der Waals surface area contributed by atoms with Crippen LogP contribution >= 0.6 is 0 Å². The van der Waals surface area contributed by atoms with Gasteiger partial charge in [0, 0.05) is 0 Å². The molecule has 0 aliphatic carbocycles. The summed E-state index contributed by atoms with van der Waals surface area (Å²) >= 11 is 0. The van der Waals surface area contributed by atoms with Crippen LogP contribution in [0.1, 0.15) is 27.3 Å². The first-order valence-corrected chi connectivity index (χ1v) is 7.10. The summed E-state index contributed by atoms with van der Waals surface area (Å²) < 4.78 is 0. The number of carboxylic acids is 1. The summed E-state index contributed by atoms with van der Waals surface area (Å²) in [7, 11) is 0. The fourth-order valence-electron chi connectivity index (χ4n) is 2.21. The zero-order valence-corrected chi connectivity index (χ0v) is 12.5. The van der Waals surface area contributed by atoms with Gasteiger partial charge < -0.3 is 5.11 Å². The van der Waals surface area contributed by atoms with Gasteiger partial charge in [0.2, 0.25) is 0 Å². The molecule has 0 spiro atoms. The quantitative estimate of drug-likeness (QED) is 0.769. The van der Waals surface area contributed by atoms with Gasteiger partial charge in [0.1, 0.15) is 0 Å². The van der Waals surface area contributed by atoms with Crippen LogP contribution in [0.25, 0.3) is 23.3 Å². The van der Waals surface area contributed by atoms with Crippen LogP contribution < -0.4 is 0 Å². The van der Waals surface area contributed by atoms with Gasteiger partial charge >= 0.3 is 5.97 Å². The highest BCUT2D eigenvalue weighted by atomic mass is 16.4. The number of benzene rings is 2. The Morgan fingerprint density at radius 2 is 1.67 bits per heavy atom. The van der Waals surface area contributed by atoms with E-state index in [0.717, 1.165) is 16.7 Å². The number of H-pyrrole nitrogens is 1. The van der Waals surface area contributed by atoms with Crippen LogP contribution in [0.5, 0.6) is 0 Å². The number of aromatic amines is 1. The number of nitrogens with one attached hydrogen (secondary N) is 1. The molecule has 2 aromatic carbocycles. The summed E-state index contributed by atoms with van der Waals surface area (Å²) in [5.74, 6) is -1.13. The van der Waals surface area contributed by atoms with Crippen LogP contribution in [0, 0.1) is 11.3 Å². The fraction of sp³-hybridized carbons (Fsp3) is 0. The van der Waals surface area contributed by atoms with Crippen molar-refractivity contribution in [3.63, 3.8) is 0 Å². The van der Waals surface area contributed by atoms with Gasteiger partial charge in [-0.2, -0.15) is 5.26 Å². The zero-order chi connectivity index (χ0) is 16.9. The van der Waals surface area contributed by atoms with Crippen LogP contribution in [0.15, 0.2) is 48.5 Å². The number of nitrogens with zero attached hydrogens (tertiary/aromatic N) is 3. The van der Waals surface area contributed by atoms with Crippen LogP contribution in [0.3, 0.4) is 0 Å². The summed E-state index contributed by atoms with van der Waals surface area (Å²) in [6.45, 7) is 0. The standard InChI is InChI=1S/C18H12N4O2/c19-11-13-3-8-15(9-4-13)14-6-1-12(2-7-14)5-10-16-17(18(23)24)21-22-20-16/h1-10H,(H,23,24)(H,20,21,22). The highest BCUT2D eigenvalue weighted by molar-refractivity contribution is 5.90. The maximum Gasteiger partial charge on any atom is 0.358 e. The lowest BCUT2D eigenvalue weighted by Gasteiger charge is -2.02. The molecule has 0 fully saturated rings. The number of nitriles is 1. The molecule has 0 aliphatic heterocycles. The van der Waals surface area contributed by atoms with Gasteiger partial charge in [-0.1, -0.05) is 47.7 Å². The van der Waals surface area contributed by atoms with Crippen molar-refractivity contribution >= 4 is 18.1 Å². The average Bonchev–Trinajstić information content (AvgIpc) is 3.09. The lowest BCUT2D eigenvalue weighted by Crippen LogP contribution is -1.98. The number of carbonyl (C=O) groups is 1. The van der Waals surface area contributed by atoms with Crippen molar-refractivity contribution in [2.45, 2.75) is 0 Å². The van der Waals surface area contributed by atoms with E-state index in [9.17, 15) is 4.79 Å². The van der Waals surface area contributed by atoms with Crippen LogP contribution in [0.4, 0.5) is 0 Å². The van der Waals surface area contributed by atoms with Crippen molar-refractivity contribution in [1.29, 1.82) is 5.26 Å². The SMILES string of the molecule is N#Cc1ccc(-c2ccc(C=Cc3[nH]nnc3C(=O)O)cc2)cc1. The van der Waals surface area contributed by atoms with Gasteiger partial charge in [0.15, 0.2) is 5.69 Å². The van der Waals surface area contributed by atoms with E-state index in [-0.39, 0.29) is 5.69 Å². The van der Waals surface area contributed by atoms with Gasteiger partial charge in [-0.05, 0) is 34.9 Å². The van der Waals surface area contributed by atoms with Crippen LogP contribution in [-0.2, 0) is 0 Å². The van der Waals surface area contributed by atoms with E-state index >= 15 is 0 Å². The van der Waals surface area contributed by atoms with Crippen molar-refractivity contribution in [3.05, 3.63) is 71.0 Å². The minimum absolute atomic E-state index is 0.111. The highest BCUT2D eigenvalue weighted by Gasteiger charge is 2.11. The lowest BCUT2D eigenvalue weighted by atomic mass is 10.0. The Morgan fingerprint density at radius 1 is 1.04 bits per heavy atom. The first-order valence-electron chi connectivity index (χ1n) is 7.10. The van der Waals surface area contributed by atoms with Gasteiger partial charge in [-0.15, -0.1) is 5.10 Å². The molecule has 6 nitrogen and oxygen atoms in total. The Kier molecular flexibility index (Phi) is 4.17. The van der Waals surface area contributed by atoms with Crippen molar-refractivity contribution in [3.8, 4) is 17.2 Å². The van der Waals surface area contributed by atoms with Crippen molar-refractivity contribution < 1.29 is 9.90 Å². The number of carboxylic acid groups (broad SMARTS) is 1. The molecule has 0 radical (unpaired) electrons. The van der Waals surface area contributed by atoms with Crippen molar-refractivity contribution in [2.75, 3.05) is 0 Å². The Morgan fingerprint density at radius 3 is 2.25 bits per heavy atom. The second kappa shape index (κ2) is 6.58. The maximum atomic E-state index is 11.0. The van der Waals surface area contributed by atoms with E-state index in [2.05, 4.69) is 21.5 Å². The van der Waals surface area contributed by atoms with E-state index in [1.54, 1.807) is 24.3 Å². The zero-order valence-electron chi connectivity index (χ0n) is 12.5. The Balaban J connectivity index is 1.79. The van der Waals surface area contributed by atoms with Gasteiger partial charge in [-0.3, -0.25) is 5.10 Å². The number of hydrogen-bond acceptors (Lipinski definition) is 4. The molecule has 0 saturated heterocycles. The minimum atomic E-state index is -1.13. The Bertz CT molecular complexity index is 932. The molecule has 0 aliphatic rings. The molecule has 1 heterocycles. The predicted molar refractivity (Wildman–Crippen MR) is 88.9 cm³/mol. The summed E-state index contributed by atoms with van der Waals surface area (Å²) in [6, 6.07) is 17.2. The molecular weight excluding hydrogens is 304 g/mol. The third-order valence-corrected chi connectivity index (χ3v) is 3.48. The molecule has 6 heteroatoms. The number of hydrogen-bond donors (Lipinski definition) is 2. The van der Waals surface area contributed by atoms with Gasteiger partial charge in [0.05, 0.1) is 17.3 Å². The molecule has 0 bridgehead atoms. The third-order valence-electron chi connectivity index (χ3n) is 3.48. The first-order chi connectivity index (χ1) is 11.7. The summed E-state index contributed by atoms with van der Waals surface area (Å²) in [4.78, 5) is 11.0. The summed E-state index contributed by atoms with van der Waals surface area (Å²) in [5, 5.41) is 27.4. The topological polar surface area (TPSA) is 103 Å². The first kappa shape index (κ1) is 15.2. The highest BCUT2D eigenvalue weighted by Crippen LogP contribution is 2.21. The summed E-state index contributed by atoms with van der Waals surface area (Å²) in [6.07, 6.45) is 3.41. The predicted octanol–water partition coefficient (Wildman–Crippen LogP) is 3.21. The van der Waals surface area contributed by atoms with E-state index in [4.69, 9.17) is 10.4 Å². The van der Waals surface area contributed by atoms with Crippen LogP contribution in [0.2, 0.25) is 0 Å². The number of aromatic nitrogens is 3. The number of aromatic carboxylic acids is 1. The smallest absolute Gasteiger partial charge is 0.358 e. The normalized spacial score (nSPS) is 10.6. The molecule has 0 unspecified atom stereocenters. The fourth-order valence-corrected chi connectivity index (χ4v) is 2.21. The molecule has 0 atom stereocenters. The van der Waals surface area contributed by atoms with Gasteiger partial charge in [0.25, 0.3) is 0 Å². The van der Waals surface area contributed by atoms with Crippen LogP contribution in [-0.4, -0.2) is 26.5 Å². The molecule has 2 N–H and O–H groups in total. The van der Waals surface area contributed by atoms with E-state index in [1.165, 1.54) is 0 Å². The van der Waals surface area contributed by atoms with E-state index in [0.29, 0.717) is 11.3 Å². The molecule has 3 aromatic rings.